The lowest BCUT2D eigenvalue weighted by Gasteiger charge is -2.20. The van der Waals surface area contributed by atoms with E-state index in [-0.39, 0.29) is 23.6 Å². The van der Waals surface area contributed by atoms with Gasteiger partial charge in [-0.2, -0.15) is 0 Å². The van der Waals surface area contributed by atoms with E-state index in [0.717, 1.165) is 5.56 Å². The van der Waals surface area contributed by atoms with Crippen molar-refractivity contribution < 1.29 is 28.6 Å². The highest BCUT2D eigenvalue weighted by molar-refractivity contribution is 6.23. The maximum atomic E-state index is 12.9. The van der Waals surface area contributed by atoms with Crippen LogP contribution in [0.15, 0.2) is 42.5 Å². The van der Waals surface area contributed by atoms with Crippen molar-refractivity contribution >= 4 is 17.7 Å². The van der Waals surface area contributed by atoms with Crippen molar-refractivity contribution in [2.45, 2.75) is 12.6 Å². The number of fused-ring (bicyclic) bond motifs is 1. The summed E-state index contributed by atoms with van der Waals surface area (Å²) < 4.78 is 18.5. The molecule has 0 radical (unpaired) electrons. The molecule has 1 heterocycles. The van der Waals surface area contributed by atoms with E-state index in [1.165, 1.54) is 30.3 Å². The third-order valence-corrected chi connectivity index (χ3v) is 4.02. The lowest BCUT2D eigenvalue weighted by molar-refractivity contribution is -0.122. The Bertz CT molecular complexity index is 882. The average Bonchev–Trinajstić information content (AvgIpc) is 2.86. The van der Waals surface area contributed by atoms with Gasteiger partial charge in [-0.25, -0.2) is 4.39 Å². The smallest absolute Gasteiger partial charge is 0.262 e. The van der Waals surface area contributed by atoms with Gasteiger partial charge in [-0.15, -0.1) is 0 Å². The van der Waals surface area contributed by atoms with Crippen LogP contribution < -0.4 is 10.5 Å². The summed E-state index contributed by atoms with van der Waals surface area (Å²) in [5, 5.41) is 9.26. The number of imide groups is 1. The zero-order valence-corrected chi connectivity index (χ0v) is 13.5. The van der Waals surface area contributed by atoms with Gasteiger partial charge in [-0.1, -0.05) is 12.1 Å². The SMILES string of the molecule is NC(=O)[C@H](CO)N1C(=O)c2ccc(OCc3ccc(F)cc3)cc2C1=O. The molecule has 3 rings (SSSR count). The monoisotopic (exact) mass is 358 g/mol. The number of hydrogen-bond donors (Lipinski definition) is 2. The quantitative estimate of drug-likeness (QED) is 0.744. The number of carbonyl (C=O) groups is 3. The fraction of sp³-hybridized carbons (Fsp3) is 0.167. The molecule has 2 aromatic carbocycles. The topological polar surface area (TPSA) is 110 Å². The van der Waals surface area contributed by atoms with E-state index < -0.39 is 30.4 Å². The summed E-state index contributed by atoms with van der Waals surface area (Å²) in [5.74, 6) is -2.43. The van der Waals surface area contributed by atoms with Crippen molar-refractivity contribution in [1.29, 1.82) is 0 Å². The van der Waals surface area contributed by atoms with Gasteiger partial charge in [0.1, 0.15) is 24.2 Å². The summed E-state index contributed by atoms with van der Waals surface area (Å²) in [6.45, 7) is -0.611. The van der Waals surface area contributed by atoms with Gasteiger partial charge in [-0.05, 0) is 35.9 Å². The Morgan fingerprint density at radius 1 is 1.12 bits per heavy atom. The number of aliphatic hydroxyl groups excluding tert-OH is 1. The summed E-state index contributed by atoms with van der Waals surface area (Å²) in [6.07, 6.45) is 0. The molecule has 0 unspecified atom stereocenters. The number of halogens is 1. The highest BCUT2D eigenvalue weighted by atomic mass is 19.1. The van der Waals surface area contributed by atoms with Crippen LogP contribution in [0, 0.1) is 5.82 Å². The number of rotatable bonds is 6. The second-order valence-corrected chi connectivity index (χ2v) is 5.70. The number of benzene rings is 2. The van der Waals surface area contributed by atoms with Crippen molar-refractivity contribution in [3.05, 3.63) is 65.0 Å². The first-order valence-electron chi connectivity index (χ1n) is 7.71. The molecule has 0 saturated heterocycles. The molecule has 8 heteroatoms. The Kier molecular flexibility index (Phi) is 4.68. The molecule has 7 nitrogen and oxygen atoms in total. The van der Waals surface area contributed by atoms with Gasteiger partial charge in [0.2, 0.25) is 5.91 Å². The number of ether oxygens (including phenoxy) is 1. The van der Waals surface area contributed by atoms with E-state index in [9.17, 15) is 23.9 Å². The van der Waals surface area contributed by atoms with Gasteiger partial charge in [0.05, 0.1) is 17.7 Å². The van der Waals surface area contributed by atoms with Crippen LogP contribution in [0.3, 0.4) is 0 Å². The predicted molar refractivity (Wildman–Crippen MR) is 87.7 cm³/mol. The van der Waals surface area contributed by atoms with Gasteiger partial charge in [0.15, 0.2) is 0 Å². The number of hydrogen-bond acceptors (Lipinski definition) is 5. The Hall–Kier alpha value is -3.26. The van der Waals surface area contributed by atoms with Crippen molar-refractivity contribution in [3.8, 4) is 5.75 Å². The molecule has 134 valence electrons. The highest BCUT2D eigenvalue weighted by Gasteiger charge is 2.42. The van der Waals surface area contributed by atoms with Crippen LogP contribution in [0.5, 0.6) is 5.75 Å². The third-order valence-electron chi connectivity index (χ3n) is 4.02. The molecule has 1 aliphatic heterocycles. The van der Waals surface area contributed by atoms with Crippen LogP contribution in [0.2, 0.25) is 0 Å². The first-order valence-corrected chi connectivity index (χ1v) is 7.71. The lowest BCUT2D eigenvalue weighted by atomic mass is 10.1. The van der Waals surface area contributed by atoms with Gasteiger partial charge in [0.25, 0.3) is 11.8 Å². The maximum Gasteiger partial charge on any atom is 0.262 e. The van der Waals surface area contributed by atoms with Gasteiger partial charge in [-0.3, -0.25) is 19.3 Å². The molecule has 3 amide bonds. The zero-order chi connectivity index (χ0) is 18.8. The fourth-order valence-electron chi connectivity index (χ4n) is 2.66. The Morgan fingerprint density at radius 3 is 2.38 bits per heavy atom. The number of nitrogens with zero attached hydrogens (tertiary/aromatic N) is 1. The molecule has 3 N–H and O–H groups in total. The molecule has 0 aromatic heterocycles. The highest BCUT2D eigenvalue weighted by Crippen LogP contribution is 2.28. The van der Waals surface area contributed by atoms with E-state index in [1.54, 1.807) is 12.1 Å². The first-order chi connectivity index (χ1) is 12.4. The summed E-state index contributed by atoms with van der Waals surface area (Å²) >= 11 is 0. The molecule has 0 saturated carbocycles. The van der Waals surface area contributed by atoms with Crippen molar-refractivity contribution in [3.63, 3.8) is 0 Å². The number of amides is 3. The molecule has 26 heavy (non-hydrogen) atoms. The van der Waals surface area contributed by atoms with Crippen LogP contribution in [0.4, 0.5) is 4.39 Å². The van der Waals surface area contributed by atoms with E-state index in [4.69, 9.17) is 10.5 Å². The van der Waals surface area contributed by atoms with Crippen LogP contribution in [0.25, 0.3) is 0 Å². The van der Waals surface area contributed by atoms with Crippen molar-refractivity contribution in [2.75, 3.05) is 6.61 Å². The molecule has 1 atom stereocenters. The third kappa shape index (κ3) is 3.14. The van der Waals surface area contributed by atoms with E-state index in [1.807, 2.05) is 0 Å². The van der Waals surface area contributed by atoms with E-state index in [2.05, 4.69) is 0 Å². The Morgan fingerprint density at radius 2 is 1.77 bits per heavy atom. The summed E-state index contributed by atoms with van der Waals surface area (Å²) in [7, 11) is 0. The minimum Gasteiger partial charge on any atom is -0.489 e. The van der Waals surface area contributed by atoms with Gasteiger partial charge >= 0.3 is 0 Å². The molecule has 2 aromatic rings. The minimum atomic E-state index is -1.43. The summed E-state index contributed by atoms with van der Waals surface area (Å²) in [5.41, 5.74) is 6.03. The van der Waals surface area contributed by atoms with E-state index in [0.29, 0.717) is 10.6 Å². The van der Waals surface area contributed by atoms with Crippen LogP contribution in [0.1, 0.15) is 26.3 Å². The number of primary amides is 1. The molecule has 0 aliphatic carbocycles. The maximum absolute atomic E-state index is 12.9. The largest absolute Gasteiger partial charge is 0.489 e. The van der Waals surface area contributed by atoms with Crippen molar-refractivity contribution in [1.82, 2.24) is 4.90 Å². The summed E-state index contributed by atoms with van der Waals surface area (Å²) in [6, 6.07) is 8.62. The molecular weight excluding hydrogens is 343 g/mol. The molecule has 0 spiro atoms. The second kappa shape index (κ2) is 6.93. The standard InChI is InChI=1S/C18H15FN2O5/c19-11-3-1-10(2-4-11)9-26-12-5-6-13-14(7-12)18(25)21(17(13)24)15(8-22)16(20)23/h1-7,15,22H,8-9H2,(H2,20,23)/t15-/m0/s1. The summed E-state index contributed by atoms with van der Waals surface area (Å²) in [4.78, 5) is 36.8. The van der Waals surface area contributed by atoms with Gasteiger partial charge in [0, 0.05) is 0 Å². The van der Waals surface area contributed by atoms with Gasteiger partial charge < -0.3 is 15.6 Å². The molecular formula is C18H15FN2O5. The van der Waals surface area contributed by atoms with Crippen LogP contribution >= 0.6 is 0 Å². The normalized spacial score (nSPS) is 14.3. The fourth-order valence-corrected chi connectivity index (χ4v) is 2.66. The average molecular weight is 358 g/mol. The predicted octanol–water partition coefficient (Wildman–Crippen LogP) is 0.847. The minimum absolute atomic E-state index is 0.0614. The molecule has 0 fully saturated rings. The van der Waals surface area contributed by atoms with Crippen LogP contribution in [-0.2, 0) is 11.4 Å². The second-order valence-electron chi connectivity index (χ2n) is 5.70. The molecule has 0 bridgehead atoms. The first kappa shape index (κ1) is 17.6. The Balaban J connectivity index is 1.80. The van der Waals surface area contributed by atoms with Crippen molar-refractivity contribution in [2.24, 2.45) is 5.73 Å². The zero-order valence-electron chi connectivity index (χ0n) is 13.5. The Labute approximate surface area is 147 Å². The lowest BCUT2D eigenvalue weighted by Crippen LogP contribution is -2.49. The number of nitrogens with two attached hydrogens (primary N) is 1. The number of aliphatic hydroxyl groups is 1. The van der Waals surface area contributed by atoms with Crippen LogP contribution in [-0.4, -0.2) is 40.4 Å². The van der Waals surface area contributed by atoms with E-state index >= 15 is 0 Å². The molecule has 1 aliphatic rings. The number of carbonyl (C=O) groups excluding carboxylic acids is 3.